The lowest BCUT2D eigenvalue weighted by atomic mass is 10.2. The molecule has 0 aliphatic carbocycles. The molecule has 0 saturated carbocycles. The number of aromatic nitrogens is 1. The van der Waals surface area contributed by atoms with Crippen molar-refractivity contribution in [2.45, 2.75) is 11.8 Å². The maximum atomic E-state index is 10.8. The molecule has 4 nitrogen and oxygen atoms in total. The average molecular weight is 227 g/mol. The number of carbonyl (C=O) groups is 1. The van der Waals surface area contributed by atoms with Crippen LogP contribution in [0.5, 0.6) is 0 Å². The summed E-state index contributed by atoms with van der Waals surface area (Å²) < 4.78 is 0. The summed E-state index contributed by atoms with van der Waals surface area (Å²) in [5.41, 5.74) is 0.215. The summed E-state index contributed by atoms with van der Waals surface area (Å²) in [6, 6.07) is 1.68. The van der Waals surface area contributed by atoms with Gasteiger partial charge in [-0.05, 0) is 12.0 Å². The van der Waals surface area contributed by atoms with Crippen LogP contribution < -0.4 is 0 Å². The molecule has 1 aromatic heterocycles. The minimum Gasteiger partial charge on any atom is -0.478 e. The van der Waals surface area contributed by atoms with E-state index < -0.39 is 5.97 Å². The molecule has 0 aliphatic heterocycles. The Bertz CT molecular complexity index is 343. The van der Waals surface area contributed by atoms with Gasteiger partial charge in [-0.15, -0.1) is 11.8 Å². The minimum atomic E-state index is -0.970. The summed E-state index contributed by atoms with van der Waals surface area (Å²) >= 11 is 1.43. The number of carboxylic acid groups (broad SMARTS) is 1. The zero-order valence-corrected chi connectivity index (χ0v) is 9.20. The van der Waals surface area contributed by atoms with Gasteiger partial charge >= 0.3 is 5.97 Å². The number of hydrogen-bond acceptors (Lipinski definition) is 4. The highest BCUT2D eigenvalue weighted by Crippen LogP contribution is 2.23. The Kier molecular flexibility index (Phi) is 4.58. The quantitative estimate of drug-likeness (QED) is 0.746. The van der Waals surface area contributed by atoms with Crippen LogP contribution in [0.4, 0.5) is 0 Å². The molecule has 15 heavy (non-hydrogen) atoms. The Morgan fingerprint density at radius 1 is 1.67 bits per heavy atom. The molecule has 0 saturated heterocycles. The summed E-state index contributed by atoms with van der Waals surface area (Å²) in [4.78, 5) is 15.3. The van der Waals surface area contributed by atoms with Crippen LogP contribution in [-0.2, 0) is 0 Å². The summed E-state index contributed by atoms with van der Waals surface area (Å²) in [6.45, 7) is 2.02. The van der Waals surface area contributed by atoms with Crippen molar-refractivity contribution in [2.24, 2.45) is 5.92 Å². The highest BCUT2D eigenvalue weighted by atomic mass is 32.2. The topological polar surface area (TPSA) is 70.4 Å². The van der Waals surface area contributed by atoms with Crippen LogP contribution >= 0.6 is 11.8 Å². The summed E-state index contributed by atoms with van der Waals surface area (Å²) in [5, 5.41) is 17.7. The van der Waals surface area contributed by atoms with Gasteiger partial charge in [0.2, 0.25) is 0 Å². The lowest BCUT2D eigenvalue weighted by Crippen LogP contribution is -2.05. The van der Waals surface area contributed by atoms with Crippen molar-refractivity contribution in [1.29, 1.82) is 0 Å². The fourth-order valence-corrected chi connectivity index (χ4v) is 1.98. The van der Waals surface area contributed by atoms with Crippen molar-refractivity contribution < 1.29 is 15.0 Å². The zero-order valence-electron chi connectivity index (χ0n) is 8.38. The Morgan fingerprint density at radius 3 is 3.00 bits per heavy atom. The largest absolute Gasteiger partial charge is 0.478 e. The van der Waals surface area contributed by atoms with Crippen LogP contribution in [0.2, 0.25) is 0 Å². The van der Waals surface area contributed by atoms with Crippen LogP contribution in [0.25, 0.3) is 0 Å². The van der Waals surface area contributed by atoms with Gasteiger partial charge in [0.15, 0.2) is 0 Å². The van der Waals surface area contributed by atoms with E-state index >= 15 is 0 Å². The normalized spacial score (nSPS) is 12.4. The molecule has 0 radical (unpaired) electrons. The lowest BCUT2D eigenvalue weighted by molar-refractivity contribution is 0.0692. The number of carboxylic acids is 1. The van der Waals surface area contributed by atoms with Gasteiger partial charge in [0.05, 0.1) is 5.56 Å². The summed E-state index contributed by atoms with van der Waals surface area (Å²) in [6.07, 6.45) is 2.91. The van der Waals surface area contributed by atoms with E-state index in [0.717, 1.165) is 0 Å². The monoisotopic (exact) mass is 227 g/mol. The van der Waals surface area contributed by atoms with E-state index in [4.69, 9.17) is 10.2 Å². The van der Waals surface area contributed by atoms with Gasteiger partial charge in [0, 0.05) is 29.6 Å². The standard InChI is InChI=1S/C10H13NO3S/c1-7(5-12)6-15-9-2-3-11-4-8(9)10(13)14/h2-4,7,12H,5-6H2,1H3,(H,13,14). The van der Waals surface area contributed by atoms with Gasteiger partial charge in [-0.1, -0.05) is 6.92 Å². The molecule has 5 heteroatoms. The predicted molar refractivity (Wildman–Crippen MR) is 58.2 cm³/mol. The zero-order chi connectivity index (χ0) is 11.3. The Balaban J connectivity index is 2.72. The number of aromatic carboxylic acids is 1. The van der Waals surface area contributed by atoms with E-state index in [0.29, 0.717) is 10.6 Å². The van der Waals surface area contributed by atoms with Gasteiger partial charge < -0.3 is 10.2 Å². The molecule has 1 heterocycles. The smallest absolute Gasteiger partial charge is 0.338 e. The molecule has 0 amide bonds. The Morgan fingerprint density at radius 2 is 2.40 bits per heavy atom. The highest BCUT2D eigenvalue weighted by molar-refractivity contribution is 7.99. The van der Waals surface area contributed by atoms with Crippen LogP contribution in [0.3, 0.4) is 0 Å². The summed E-state index contributed by atoms with van der Waals surface area (Å²) in [5.74, 6) is -0.118. The number of nitrogens with zero attached hydrogens (tertiary/aromatic N) is 1. The fourth-order valence-electron chi connectivity index (χ4n) is 0.953. The third kappa shape index (κ3) is 3.53. The second-order valence-electron chi connectivity index (χ2n) is 3.28. The van der Waals surface area contributed by atoms with E-state index in [9.17, 15) is 4.79 Å². The maximum Gasteiger partial charge on any atom is 0.338 e. The predicted octanol–water partition coefficient (Wildman–Crippen LogP) is 1.50. The van der Waals surface area contributed by atoms with Gasteiger partial charge in [0.25, 0.3) is 0 Å². The molecule has 0 spiro atoms. The SMILES string of the molecule is CC(CO)CSc1ccncc1C(=O)O. The molecule has 0 aromatic carbocycles. The lowest BCUT2D eigenvalue weighted by Gasteiger charge is -2.08. The van der Waals surface area contributed by atoms with Crippen molar-refractivity contribution in [2.75, 3.05) is 12.4 Å². The second-order valence-corrected chi connectivity index (χ2v) is 4.34. The van der Waals surface area contributed by atoms with Gasteiger partial charge in [0.1, 0.15) is 0 Å². The molecule has 1 aromatic rings. The first-order valence-corrected chi connectivity index (χ1v) is 5.54. The van der Waals surface area contributed by atoms with E-state index in [-0.39, 0.29) is 18.1 Å². The second kappa shape index (κ2) is 5.72. The summed E-state index contributed by atoms with van der Waals surface area (Å²) in [7, 11) is 0. The van der Waals surface area contributed by atoms with Crippen LogP contribution in [0, 0.1) is 5.92 Å². The molecule has 0 fully saturated rings. The van der Waals surface area contributed by atoms with Crippen LogP contribution in [0.1, 0.15) is 17.3 Å². The van der Waals surface area contributed by atoms with Crippen molar-refractivity contribution in [1.82, 2.24) is 4.98 Å². The van der Waals surface area contributed by atoms with E-state index in [1.165, 1.54) is 18.0 Å². The number of thioether (sulfide) groups is 1. The highest BCUT2D eigenvalue weighted by Gasteiger charge is 2.11. The van der Waals surface area contributed by atoms with Gasteiger partial charge in [-0.3, -0.25) is 4.98 Å². The van der Waals surface area contributed by atoms with E-state index in [2.05, 4.69) is 4.98 Å². The third-order valence-corrected chi connectivity index (χ3v) is 3.25. The molecule has 1 atom stereocenters. The fraction of sp³-hybridized carbons (Fsp3) is 0.400. The van der Waals surface area contributed by atoms with Crippen LogP contribution in [0.15, 0.2) is 23.4 Å². The first-order valence-electron chi connectivity index (χ1n) is 4.56. The number of pyridine rings is 1. The molecular weight excluding hydrogens is 214 g/mol. The molecule has 1 unspecified atom stereocenters. The average Bonchev–Trinajstić information content (AvgIpc) is 2.26. The molecule has 0 bridgehead atoms. The number of hydrogen-bond donors (Lipinski definition) is 2. The van der Waals surface area contributed by atoms with Gasteiger partial charge in [-0.25, -0.2) is 4.79 Å². The van der Waals surface area contributed by atoms with Gasteiger partial charge in [-0.2, -0.15) is 0 Å². The van der Waals surface area contributed by atoms with Crippen molar-refractivity contribution in [3.05, 3.63) is 24.0 Å². The number of aliphatic hydroxyl groups is 1. The molecule has 82 valence electrons. The van der Waals surface area contributed by atoms with E-state index in [1.54, 1.807) is 12.3 Å². The number of aliphatic hydroxyl groups excluding tert-OH is 1. The van der Waals surface area contributed by atoms with Crippen molar-refractivity contribution in [3.63, 3.8) is 0 Å². The van der Waals surface area contributed by atoms with E-state index in [1.807, 2.05) is 6.92 Å². The third-order valence-electron chi connectivity index (χ3n) is 1.85. The Labute approximate surface area is 92.3 Å². The molecule has 2 N–H and O–H groups in total. The molecule has 0 aliphatic rings. The van der Waals surface area contributed by atoms with Crippen LogP contribution in [-0.4, -0.2) is 33.5 Å². The maximum absolute atomic E-state index is 10.8. The minimum absolute atomic E-state index is 0.112. The first-order chi connectivity index (χ1) is 7.15. The van der Waals surface area contributed by atoms with Crippen molar-refractivity contribution in [3.8, 4) is 0 Å². The Hall–Kier alpha value is -1.07. The van der Waals surface area contributed by atoms with Crippen molar-refractivity contribution >= 4 is 17.7 Å². The molecule has 1 rings (SSSR count). The number of rotatable bonds is 5. The molecular formula is C10H13NO3S. The first kappa shape index (κ1) is 12.0.